The normalized spacial score (nSPS) is 15.1. The van der Waals surface area contributed by atoms with Crippen molar-refractivity contribution in [1.29, 1.82) is 0 Å². The van der Waals surface area contributed by atoms with Gasteiger partial charge in [0.25, 0.3) is 5.91 Å². The van der Waals surface area contributed by atoms with Crippen molar-refractivity contribution in [2.45, 2.75) is 19.5 Å². The monoisotopic (exact) mass is 539 g/mol. The average molecular weight is 541 g/mol. The molecule has 1 aromatic heterocycles. The van der Waals surface area contributed by atoms with Gasteiger partial charge in [-0.2, -0.15) is 0 Å². The average Bonchev–Trinajstić information content (AvgIpc) is 3.09. The van der Waals surface area contributed by atoms with Crippen LogP contribution in [0.2, 0.25) is 5.02 Å². The van der Waals surface area contributed by atoms with Crippen molar-refractivity contribution in [3.05, 3.63) is 103 Å². The molecule has 1 N–H and O–H groups in total. The third kappa shape index (κ3) is 3.75. The molecule has 1 aliphatic rings. The zero-order valence-electron chi connectivity index (χ0n) is 18.0. The summed E-state index contributed by atoms with van der Waals surface area (Å²) in [7, 11) is 0. The Labute approximate surface area is 208 Å². The highest BCUT2D eigenvalue weighted by molar-refractivity contribution is 9.10. The van der Waals surface area contributed by atoms with Crippen LogP contribution < -0.4 is 10.2 Å². The molecule has 6 nitrogen and oxygen atoms in total. The Bertz CT molecular complexity index is 1500. The number of phenols is 1. The number of phenolic OH excluding ortho intramolecular Hbond substituents is 1. The SMILES string of the molecule is CCOc1cc([C@H]2c3c(oc4ccc(Br)cc4c3=O)C(=O)N2Cc2ccccc2Cl)ccc1O. The van der Waals surface area contributed by atoms with Crippen LogP contribution in [0, 0.1) is 0 Å². The van der Waals surface area contributed by atoms with Crippen molar-refractivity contribution in [2.75, 3.05) is 6.61 Å². The number of benzene rings is 3. The van der Waals surface area contributed by atoms with Crippen LogP contribution in [0.3, 0.4) is 0 Å². The van der Waals surface area contributed by atoms with E-state index < -0.39 is 11.9 Å². The molecular weight excluding hydrogens is 522 g/mol. The van der Waals surface area contributed by atoms with Gasteiger partial charge in [-0.05, 0) is 54.4 Å². The minimum absolute atomic E-state index is 0.00270. The Morgan fingerprint density at radius 1 is 1.12 bits per heavy atom. The van der Waals surface area contributed by atoms with Gasteiger partial charge in [-0.25, -0.2) is 0 Å². The molecule has 0 aliphatic carbocycles. The maximum Gasteiger partial charge on any atom is 0.291 e. The molecule has 34 heavy (non-hydrogen) atoms. The van der Waals surface area contributed by atoms with Gasteiger partial charge in [-0.3, -0.25) is 9.59 Å². The second-order valence-electron chi connectivity index (χ2n) is 7.90. The molecule has 1 atom stereocenters. The summed E-state index contributed by atoms with van der Waals surface area (Å²) in [5.41, 5.74) is 1.64. The summed E-state index contributed by atoms with van der Waals surface area (Å²) < 4.78 is 12.3. The van der Waals surface area contributed by atoms with Crippen molar-refractivity contribution in [2.24, 2.45) is 0 Å². The molecule has 0 unspecified atom stereocenters. The summed E-state index contributed by atoms with van der Waals surface area (Å²) in [5.74, 6) is -0.162. The van der Waals surface area contributed by atoms with E-state index in [1.807, 2.05) is 25.1 Å². The molecule has 8 heteroatoms. The molecular formula is C26H19BrClNO5. The Kier molecular flexibility index (Phi) is 5.83. The summed E-state index contributed by atoms with van der Waals surface area (Å²) >= 11 is 9.80. The smallest absolute Gasteiger partial charge is 0.291 e. The summed E-state index contributed by atoms with van der Waals surface area (Å²) in [6.07, 6.45) is 0. The topological polar surface area (TPSA) is 80.0 Å². The first-order valence-electron chi connectivity index (χ1n) is 10.7. The highest BCUT2D eigenvalue weighted by Crippen LogP contribution is 2.42. The number of rotatable bonds is 5. The zero-order valence-corrected chi connectivity index (χ0v) is 20.4. The van der Waals surface area contributed by atoms with Crippen molar-refractivity contribution in [3.8, 4) is 11.5 Å². The second-order valence-corrected chi connectivity index (χ2v) is 9.22. The maximum atomic E-state index is 13.7. The molecule has 2 heterocycles. The maximum absolute atomic E-state index is 13.7. The van der Waals surface area contributed by atoms with E-state index in [-0.39, 0.29) is 34.8 Å². The number of hydrogen-bond acceptors (Lipinski definition) is 5. The Balaban J connectivity index is 1.74. The molecule has 0 fully saturated rings. The number of carbonyl (C=O) groups excluding carboxylic acids is 1. The number of amides is 1. The lowest BCUT2D eigenvalue weighted by Gasteiger charge is -2.26. The second kappa shape index (κ2) is 8.81. The van der Waals surface area contributed by atoms with Crippen molar-refractivity contribution in [1.82, 2.24) is 4.90 Å². The number of fused-ring (bicyclic) bond motifs is 2. The van der Waals surface area contributed by atoms with E-state index in [1.165, 1.54) is 6.07 Å². The van der Waals surface area contributed by atoms with E-state index in [4.69, 9.17) is 20.8 Å². The van der Waals surface area contributed by atoms with Gasteiger partial charge in [-0.15, -0.1) is 0 Å². The van der Waals surface area contributed by atoms with Gasteiger partial charge in [0, 0.05) is 16.0 Å². The lowest BCUT2D eigenvalue weighted by molar-refractivity contribution is 0.0714. The first kappa shape index (κ1) is 22.5. The Morgan fingerprint density at radius 3 is 2.68 bits per heavy atom. The van der Waals surface area contributed by atoms with Crippen LogP contribution in [-0.2, 0) is 6.54 Å². The minimum atomic E-state index is -0.752. The Hall–Kier alpha value is -3.29. The molecule has 172 valence electrons. The number of ether oxygens (including phenoxy) is 1. The van der Waals surface area contributed by atoms with Gasteiger partial charge >= 0.3 is 0 Å². The van der Waals surface area contributed by atoms with Crippen LogP contribution in [0.25, 0.3) is 11.0 Å². The largest absolute Gasteiger partial charge is 0.504 e. The minimum Gasteiger partial charge on any atom is -0.504 e. The number of aromatic hydroxyl groups is 1. The van der Waals surface area contributed by atoms with Gasteiger partial charge < -0.3 is 19.2 Å². The summed E-state index contributed by atoms with van der Waals surface area (Å²) in [5, 5.41) is 11.1. The van der Waals surface area contributed by atoms with Gasteiger partial charge in [-0.1, -0.05) is 51.8 Å². The lowest BCUT2D eigenvalue weighted by atomic mass is 9.97. The van der Waals surface area contributed by atoms with Gasteiger partial charge in [0.15, 0.2) is 16.9 Å². The van der Waals surface area contributed by atoms with Gasteiger partial charge in [0.1, 0.15) is 5.58 Å². The summed E-state index contributed by atoms with van der Waals surface area (Å²) in [6.45, 7) is 2.32. The van der Waals surface area contributed by atoms with Crippen LogP contribution in [0.15, 0.2) is 74.3 Å². The van der Waals surface area contributed by atoms with E-state index in [0.29, 0.717) is 28.2 Å². The van der Waals surface area contributed by atoms with Crippen LogP contribution in [0.5, 0.6) is 11.5 Å². The third-order valence-corrected chi connectivity index (χ3v) is 6.69. The molecule has 0 spiro atoms. The fourth-order valence-corrected chi connectivity index (χ4v) is 4.84. The van der Waals surface area contributed by atoms with Crippen LogP contribution >= 0.6 is 27.5 Å². The lowest BCUT2D eigenvalue weighted by Crippen LogP contribution is -2.29. The van der Waals surface area contributed by atoms with Crippen molar-refractivity contribution in [3.63, 3.8) is 0 Å². The molecule has 0 saturated heterocycles. The fraction of sp³-hybridized carbons (Fsp3) is 0.154. The van der Waals surface area contributed by atoms with E-state index in [1.54, 1.807) is 41.3 Å². The molecule has 0 radical (unpaired) electrons. The zero-order chi connectivity index (χ0) is 24.0. The first-order chi connectivity index (χ1) is 16.4. The van der Waals surface area contributed by atoms with E-state index in [0.717, 1.165) is 10.0 Å². The molecule has 1 amide bonds. The van der Waals surface area contributed by atoms with Gasteiger partial charge in [0.05, 0.1) is 23.6 Å². The Morgan fingerprint density at radius 2 is 1.91 bits per heavy atom. The number of hydrogen-bond donors (Lipinski definition) is 1. The van der Waals surface area contributed by atoms with Crippen LogP contribution in [-0.4, -0.2) is 22.5 Å². The first-order valence-corrected chi connectivity index (χ1v) is 11.8. The highest BCUT2D eigenvalue weighted by atomic mass is 79.9. The molecule has 1 aliphatic heterocycles. The number of halogens is 2. The number of carbonyl (C=O) groups is 1. The molecule has 5 rings (SSSR count). The quantitative estimate of drug-likeness (QED) is 0.333. The third-order valence-electron chi connectivity index (χ3n) is 5.83. The molecule has 4 aromatic rings. The van der Waals surface area contributed by atoms with E-state index >= 15 is 0 Å². The van der Waals surface area contributed by atoms with Crippen LogP contribution in [0.1, 0.15) is 40.2 Å². The standard InChI is InChI=1S/C26H19BrClNO5/c1-2-33-21-11-14(7-9-19(21)30)23-22-24(31)17-12-16(27)8-10-20(17)34-25(22)26(32)29(23)13-15-5-3-4-6-18(15)28/h3-12,23,30H,2,13H2,1H3/t23-/m0/s1. The molecule has 0 saturated carbocycles. The predicted molar refractivity (Wildman–Crippen MR) is 133 cm³/mol. The van der Waals surface area contributed by atoms with Crippen molar-refractivity contribution < 1.29 is 19.1 Å². The van der Waals surface area contributed by atoms with Crippen molar-refractivity contribution >= 4 is 44.4 Å². The molecule has 0 bridgehead atoms. The molecule has 3 aromatic carbocycles. The summed E-state index contributed by atoms with van der Waals surface area (Å²) in [6, 6.07) is 16.4. The predicted octanol–water partition coefficient (Wildman–Crippen LogP) is 6.06. The fourth-order valence-electron chi connectivity index (χ4n) is 4.28. The van der Waals surface area contributed by atoms with Crippen LogP contribution in [0.4, 0.5) is 0 Å². The highest BCUT2D eigenvalue weighted by Gasteiger charge is 2.43. The van der Waals surface area contributed by atoms with E-state index in [2.05, 4.69) is 15.9 Å². The summed E-state index contributed by atoms with van der Waals surface area (Å²) in [4.78, 5) is 28.8. The number of nitrogens with zero attached hydrogens (tertiary/aromatic N) is 1. The van der Waals surface area contributed by atoms with E-state index in [9.17, 15) is 14.7 Å². The van der Waals surface area contributed by atoms with Gasteiger partial charge in [0.2, 0.25) is 5.76 Å².